The second-order valence-corrected chi connectivity index (χ2v) is 6.13. The fraction of sp³-hybridized carbons (Fsp3) is 0.263. The van der Waals surface area contributed by atoms with Crippen molar-refractivity contribution in [1.82, 2.24) is 0 Å². The Balaban J connectivity index is 2.27. The van der Waals surface area contributed by atoms with Crippen LogP contribution in [0.5, 0.6) is 5.75 Å². The Hall–Kier alpha value is -2.60. The summed E-state index contributed by atoms with van der Waals surface area (Å²) < 4.78 is 15.2. The van der Waals surface area contributed by atoms with Gasteiger partial charge in [0.15, 0.2) is 11.5 Å². The number of carbonyl (C=O) groups is 2. The van der Waals surface area contributed by atoms with E-state index < -0.39 is 11.9 Å². The number of methoxy groups -OCH3 is 1. The summed E-state index contributed by atoms with van der Waals surface area (Å²) in [6.07, 6.45) is 3.87. The molecule has 0 aliphatic heterocycles. The van der Waals surface area contributed by atoms with E-state index in [1.807, 2.05) is 49.4 Å². The van der Waals surface area contributed by atoms with Crippen molar-refractivity contribution < 1.29 is 23.8 Å². The third-order valence-electron chi connectivity index (χ3n) is 3.37. The summed E-state index contributed by atoms with van der Waals surface area (Å²) in [5.74, 6) is -0.616. The molecule has 5 nitrogen and oxygen atoms in total. The lowest BCUT2D eigenvalue weighted by molar-refractivity contribution is -0.145. The standard InChI is InChI=1S/C19H20O5S/c1-4-23-16(20)12-24-17-13(2)15(25-18(17)19(21)22-3)11-10-14-8-6-5-7-9-14/h5-11H,4,12H2,1-3H3/b11-10+. The van der Waals surface area contributed by atoms with E-state index in [4.69, 9.17) is 14.2 Å². The van der Waals surface area contributed by atoms with Crippen molar-refractivity contribution in [3.05, 3.63) is 51.2 Å². The highest BCUT2D eigenvalue weighted by Gasteiger charge is 2.22. The lowest BCUT2D eigenvalue weighted by atomic mass is 10.2. The minimum Gasteiger partial charge on any atom is -0.480 e. The van der Waals surface area contributed by atoms with Crippen LogP contribution < -0.4 is 4.74 Å². The fourth-order valence-electron chi connectivity index (χ4n) is 2.14. The third-order valence-corrected chi connectivity index (χ3v) is 4.58. The zero-order valence-electron chi connectivity index (χ0n) is 14.4. The predicted octanol–water partition coefficient (Wildman–Crippen LogP) is 3.96. The number of ether oxygens (including phenoxy) is 3. The lowest BCUT2D eigenvalue weighted by Gasteiger charge is -2.07. The van der Waals surface area contributed by atoms with Gasteiger partial charge < -0.3 is 14.2 Å². The molecule has 132 valence electrons. The van der Waals surface area contributed by atoms with Crippen molar-refractivity contribution in [2.24, 2.45) is 0 Å². The molecule has 1 aromatic carbocycles. The van der Waals surface area contributed by atoms with Gasteiger partial charge in [-0.05, 0) is 25.5 Å². The fourth-order valence-corrected chi connectivity index (χ4v) is 3.22. The van der Waals surface area contributed by atoms with Crippen molar-refractivity contribution in [3.8, 4) is 5.75 Å². The maximum atomic E-state index is 12.0. The highest BCUT2D eigenvalue weighted by atomic mass is 32.1. The molecule has 0 aliphatic carbocycles. The summed E-state index contributed by atoms with van der Waals surface area (Å²) in [5, 5.41) is 0. The molecule has 25 heavy (non-hydrogen) atoms. The van der Waals surface area contributed by atoms with Crippen molar-refractivity contribution in [3.63, 3.8) is 0 Å². The Labute approximate surface area is 150 Å². The van der Waals surface area contributed by atoms with Gasteiger partial charge in [0.05, 0.1) is 13.7 Å². The van der Waals surface area contributed by atoms with E-state index >= 15 is 0 Å². The minimum atomic E-state index is -0.494. The maximum absolute atomic E-state index is 12.0. The first kappa shape index (κ1) is 18.7. The van der Waals surface area contributed by atoms with Crippen LogP contribution in [-0.4, -0.2) is 32.3 Å². The smallest absolute Gasteiger partial charge is 0.351 e. The van der Waals surface area contributed by atoms with Crippen LogP contribution in [-0.2, 0) is 14.3 Å². The van der Waals surface area contributed by atoms with Crippen molar-refractivity contribution in [1.29, 1.82) is 0 Å². The van der Waals surface area contributed by atoms with Crippen LogP contribution >= 0.6 is 11.3 Å². The van der Waals surface area contributed by atoms with Gasteiger partial charge in [-0.25, -0.2) is 9.59 Å². The average molecular weight is 360 g/mol. The minimum absolute atomic E-state index is 0.253. The van der Waals surface area contributed by atoms with Gasteiger partial charge in [-0.15, -0.1) is 11.3 Å². The summed E-state index contributed by atoms with van der Waals surface area (Å²) in [7, 11) is 1.31. The highest BCUT2D eigenvalue weighted by molar-refractivity contribution is 7.15. The van der Waals surface area contributed by atoms with Gasteiger partial charge in [-0.1, -0.05) is 36.4 Å². The van der Waals surface area contributed by atoms with Crippen LogP contribution in [0.2, 0.25) is 0 Å². The van der Waals surface area contributed by atoms with Gasteiger partial charge in [0, 0.05) is 10.4 Å². The first-order chi connectivity index (χ1) is 12.1. The van der Waals surface area contributed by atoms with Gasteiger partial charge >= 0.3 is 11.9 Å². The Morgan fingerprint density at radius 3 is 2.52 bits per heavy atom. The van der Waals surface area contributed by atoms with E-state index in [1.54, 1.807) is 6.92 Å². The zero-order chi connectivity index (χ0) is 18.2. The Morgan fingerprint density at radius 1 is 1.16 bits per heavy atom. The van der Waals surface area contributed by atoms with E-state index in [0.717, 1.165) is 16.0 Å². The molecule has 0 spiro atoms. The van der Waals surface area contributed by atoms with Crippen LogP contribution in [0.3, 0.4) is 0 Å². The number of esters is 2. The molecule has 0 N–H and O–H groups in total. The molecule has 0 atom stereocenters. The number of carbonyl (C=O) groups excluding carboxylic acids is 2. The van der Waals surface area contributed by atoms with E-state index in [-0.39, 0.29) is 13.2 Å². The second-order valence-electron chi connectivity index (χ2n) is 5.08. The lowest BCUT2D eigenvalue weighted by Crippen LogP contribution is -2.15. The Bertz CT molecular complexity index is 762. The van der Waals surface area contributed by atoms with Crippen molar-refractivity contribution >= 4 is 35.4 Å². The molecule has 2 aromatic rings. The molecule has 1 aromatic heterocycles. The SMILES string of the molecule is CCOC(=O)COc1c(C(=O)OC)sc(/C=C/c2ccccc2)c1C. The number of hydrogen-bond acceptors (Lipinski definition) is 6. The van der Waals surface area contributed by atoms with E-state index in [9.17, 15) is 9.59 Å². The van der Waals surface area contributed by atoms with E-state index in [0.29, 0.717) is 10.6 Å². The quantitative estimate of drug-likeness (QED) is 0.700. The highest BCUT2D eigenvalue weighted by Crippen LogP contribution is 2.36. The molecule has 1 heterocycles. The van der Waals surface area contributed by atoms with Crippen molar-refractivity contribution in [2.45, 2.75) is 13.8 Å². The van der Waals surface area contributed by atoms with Gasteiger partial charge in [0.25, 0.3) is 0 Å². The largest absolute Gasteiger partial charge is 0.480 e. The van der Waals surface area contributed by atoms with E-state index in [1.165, 1.54) is 18.4 Å². The Morgan fingerprint density at radius 2 is 1.88 bits per heavy atom. The molecular weight excluding hydrogens is 340 g/mol. The molecule has 0 saturated carbocycles. The van der Waals surface area contributed by atoms with Crippen LogP contribution in [0.15, 0.2) is 30.3 Å². The third kappa shape index (κ3) is 4.93. The second kappa shape index (κ2) is 9.03. The maximum Gasteiger partial charge on any atom is 0.351 e. The van der Waals surface area contributed by atoms with Gasteiger partial charge in [0.1, 0.15) is 5.75 Å². The number of benzene rings is 1. The van der Waals surface area contributed by atoms with Gasteiger partial charge in [-0.3, -0.25) is 0 Å². The molecular formula is C19H20O5S. The molecule has 0 radical (unpaired) electrons. The molecule has 0 amide bonds. The first-order valence-electron chi connectivity index (χ1n) is 7.80. The number of rotatable bonds is 7. The average Bonchev–Trinajstić information content (AvgIpc) is 2.94. The van der Waals surface area contributed by atoms with Gasteiger partial charge in [-0.2, -0.15) is 0 Å². The normalized spacial score (nSPS) is 10.7. The van der Waals surface area contributed by atoms with Crippen LogP contribution in [0.1, 0.15) is 32.6 Å². The topological polar surface area (TPSA) is 61.8 Å². The van der Waals surface area contributed by atoms with Gasteiger partial charge in [0.2, 0.25) is 0 Å². The molecule has 0 unspecified atom stereocenters. The zero-order valence-corrected chi connectivity index (χ0v) is 15.2. The summed E-state index contributed by atoms with van der Waals surface area (Å²) >= 11 is 1.26. The Kier molecular flexibility index (Phi) is 6.77. The van der Waals surface area contributed by atoms with Crippen LogP contribution in [0.25, 0.3) is 12.2 Å². The molecule has 6 heteroatoms. The van der Waals surface area contributed by atoms with Crippen molar-refractivity contribution in [2.75, 3.05) is 20.3 Å². The predicted molar refractivity (Wildman–Crippen MR) is 97.9 cm³/mol. The summed E-state index contributed by atoms with van der Waals surface area (Å²) in [5.41, 5.74) is 1.82. The number of hydrogen-bond donors (Lipinski definition) is 0. The molecule has 0 bridgehead atoms. The molecule has 2 rings (SSSR count). The summed E-state index contributed by atoms with van der Waals surface area (Å²) in [4.78, 5) is 24.7. The van der Waals surface area contributed by atoms with Crippen LogP contribution in [0.4, 0.5) is 0 Å². The molecule has 0 fully saturated rings. The summed E-state index contributed by atoms with van der Waals surface area (Å²) in [6, 6.07) is 9.82. The van der Waals surface area contributed by atoms with E-state index in [2.05, 4.69) is 0 Å². The molecule has 0 saturated heterocycles. The molecule has 0 aliphatic rings. The first-order valence-corrected chi connectivity index (χ1v) is 8.61. The monoisotopic (exact) mass is 360 g/mol. The number of thiophene rings is 1. The van der Waals surface area contributed by atoms with Crippen LogP contribution in [0, 0.1) is 6.92 Å². The summed E-state index contributed by atoms with van der Waals surface area (Å²) in [6.45, 7) is 3.59.